The molecule has 3 aromatic carbocycles. The molecular formula is C35H40N2O4. The largest absolute Gasteiger partial charge is 0.493 e. The van der Waals surface area contributed by atoms with Crippen LogP contribution in [0.25, 0.3) is 0 Å². The minimum Gasteiger partial charge on any atom is -0.493 e. The molecule has 1 aliphatic heterocycles. The van der Waals surface area contributed by atoms with E-state index in [0.29, 0.717) is 34.4 Å². The summed E-state index contributed by atoms with van der Waals surface area (Å²) in [4.78, 5) is 0. The van der Waals surface area contributed by atoms with Gasteiger partial charge in [0.25, 0.3) is 0 Å². The van der Waals surface area contributed by atoms with E-state index < -0.39 is 0 Å². The maximum Gasteiger partial charge on any atom is 0.180 e. The van der Waals surface area contributed by atoms with E-state index in [-0.39, 0.29) is 16.2 Å². The Bertz CT molecular complexity index is 1700. The van der Waals surface area contributed by atoms with E-state index >= 15 is 0 Å². The molecule has 0 fully saturated rings. The third-order valence-corrected chi connectivity index (χ3v) is 9.73. The zero-order valence-corrected chi connectivity index (χ0v) is 25.9. The van der Waals surface area contributed by atoms with E-state index in [1.54, 1.807) is 28.1 Å². The van der Waals surface area contributed by atoms with Gasteiger partial charge in [-0.05, 0) is 109 Å². The highest BCUT2D eigenvalue weighted by atomic mass is 16.6. The molecule has 214 valence electrons. The van der Waals surface area contributed by atoms with Crippen LogP contribution in [0, 0.1) is 24.7 Å². The summed E-state index contributed by atoms with van der Waals surface area (Å²) in [6.07, 6.45) is 1.91. The molecular weight excluding hydrogens is 512 g/mol. The summed E-state index contributed by atoms with van der Waals surface area (Å²) in [5, 5.41) is 17.1. The van der Waals surface area contributed by atoms with Crippen molar-refractivity contribution in [2.75, 3.05) is 14.2 Å². The standard InChI is InChI=1S/C35H40N2O4/c1-17-18(2)30(20(4)37)32-31(29(17)19(3)36)40-27-12-22-24(14-28(27)41-32)35(16-34(22,7)8)15-33(5,6)21-11-25(38-9)26(39-10)13-23(21)35/h11-14,36-37H,15-16H2,1-10H3. The molecule has 1 unspecified atom stereocenters. The van der Waals surface area contributed by atoms with E-state index in [1.807, 2.05) is 13.8 Å². The zero-order valence-electron chi connectivity index (χ0n) is 25.9. The van der Waals surface area contributed by atoms with Crippen LogP contribution in [0.15, 0.2) is 24.3 Å². The van der Waals surface area contributed by atoms with Gasteiger partial charge < -0.3 is 29.8 Å². The van der Waals surface area contributed by atoms with Crippen LogP contribution in [0.2, 0.25) is 0 Å². The summed E-state index contributed by atoms with van der Waals surface area (Å²) in [7, 11) is 3.38. The van der Waals surface area contributed by atoms with Gasteiger partial charge in [0.2, 0.25) is 0 Å². The highest BCUT2D eigenvalue weighted by Gasteiger charge is 2.57. The smallest absolute Gasteiger partial charge is 0.180 e. The van der Waals surface area contributed by atoms with Crippen molar-refractivity contribution in [3.63, 3.8) is 0 Å². The molecule has 6 rings (SSSR count). The molecule has 3 aliphatic rings. The van der Waals surface area contributed by atoms with Crippen LogP contribution in [0.1, 0.15) is 98.9 Å². The van der Waals surface area contributed by atoms with Gasteiger partial charge in [0.15, 0.2) is 34.5 Å². The highest BCUT2D eigenvalue weighted by molar-refractivity contribution is 6.07. The summed E-state index contributed by atoms with van der Waals surface area (Å²) in [5.74, 6) is 3.87. The van der Waals surface area contributed by atoms with Crippen molar-refractivity contribution in [2.24, 2.45) is 0 Å². The zero-order chi connectivity index (χ0) is 29.8. The number of methoxy groups -OCH3 is 2. The van der Waals surface area contributed by atoms with Crippen molar-refractivity contribution >= 4 is 11.4 Å². The van der Waals surface area contributed by atoms with Gasteiger partial charge in [0.1, 0.15) is 0 Å². The minimum absolute atomic E-state index is 0.0675. The molecule has 2 aliphatic carbocycles. The van der Waals surface area contributed by atoms with Crippen LogP contribution >= 0.6 is 0 Å². The number of hydrogen-bond acceptors (Lipinski definition) is 6. The molecule has 3 aromatic rings. The maximum absolute atomic E-state index is 8.57. The maximum atomic E-state index is 8.57. The first-order chi connectivity index (χ1) is 19.2. The van der Waals surface area contributed by atoms with Crippen molar-refractivity contribution in [2.45, 2.75) is 84.5 Å². The van der Waals surface area contributed by atoms with Gasteiger partial charge in [-0.15, -0.1) is 0 Å². The van der Waals surface area contributed by atoms with E-state index in [2.05, 4.69) is 52.0 Å². The summed E-state index contributed by atoms with van der Waals surface area (Å²) >= 11 is 0. The fourth-order valence-electron chi connectivity index (χ4n) is 8.06. The van der Waals surface area contributed by atoms with Crippen molar-refractivity contribution in [1.82, 2.24) is 0 Å². The third kappa shape index (κ3) is 3.62. The van der Waals surface area contributed by atoms with Gasteiger partial charge in [-0.3, -0.25) is 0 Å². The van der Waals surface area contributed by atoms with Gasteiger partial charge in [-0.2, -0.15) is 0 Å². The fraction of sp³-hybridized carbons (Fsp3) is 0.429. The molecule has 1 heterocycles. The lowest BCUT2D eigenvalue weighted by atomic mass is 9.72. The van der Waals surface area contributed by atoms with E-state index in [1.165, 1.54) is 22.3 Å². The molecule has 0 amide bonds. The summed E-state index contributed by atoms with van der Waals surface area (Å²) in [5.41, 5.74) is 8.85. The molecule has 6 heteroatoms. The van der Waals surface area contributed by atoms with Crippen molar-refractivity contribution in [3.8, 4) is 34.5 Å². The van der Waals surface area contributed by atoms with Crippen LogP contribution in [-0.2, 0) is 16.2 Å². The molecule has 0 radical (unpaired) electrons. The predicted molar refractivity (Wildman–Crippen MR) is 163 cm³/mol. The number of hydrogen-bond donors (Lipinski definition) is 2. The van der Waals surface area contributed by atoms with E-state index in [9.17, 15) is 0 Å². The van der Waals surface area contributed by atoms with Crippen LogP contribution in [-0.4, -0.2) is 25.6 Å². The fourth-order valence-corrected chi connectivity index (χ4v) is 8.06. The van der Waals surface area contributed by atoms with Gasteiger partial charge >= 0.3 is 0 Å². The summed E-state index contributed by atoms with van der Waals surface area (Å²) in [6.45, 7) is 16.8. The number of fused-ring (bicyclic) bond motifs is 6. The average molecular weight is 553 g/mol. The molecule has 0 saturated heterocycles. The molecule has 6 nitrogen and oxygen atoms in total. The number of ether oxygens (including phenoxy) is 4. The molecule has 0 bridgehead atoms. The monoisotopic (exact) mass is 552 g/mol. The quantitative estimate of drug-likeness (QED) is 0.248. The topological polar surface area (TPSA) is 84.6 Å². The Hall–Kier alpha value is -3.80. The second-order valence-corrected chi connectivity index (χ2v) is 13.4. The second-order valence-electron chi connectivity index (χ2n) is 13.4. The molecule has 0 saturated carbocycles. The highest BCUT2D eigenvalue weighted by Crippen LogP contribution is 2.65. The molecule has 1 spiro atoms. The first-order valence-corrected chi connectivity index (χ1v) is 14.3. The lowest BCUT2D eigenvalue weighted by Crippen LogP contribution is -2.27. The SMILES string of the molecule is COc1cc2c(cc1OC)C1(CC2(C)C)CC(C)(C)c2cc3c(cc21)Oc1c(c(C(C)=N)c(C)c(C)c1C(C)=N)O3. The Morgan fingerprint density at radius 3 is 1.44 bits per heavy atom. The summed E-state index contributed by atoms with van der Waals surface area (Å²) < 4.78 is 24.8. The number of nitrogens with one attached hydrogen (secondary N) is 2. The van der Waals surface area contributed by atoms with Gasteiger partial charge in [0, 0.05) is 28.0 Å². The minimum atomic E-state index is -0.226. The van der Waals surface area contributed by atoms with Crippen molar-refractivity contribution < 1.29 is 18.9 Å². The Kier molecular flexibility index (Phi) is 5.74. The lowest BCUT2D eigenvalue weighted by molar-refractivity contribution is 0.347. The average Bonchev–Trinajstić information content (AvgIpc) is 3.24. The van der Waals surface area contributed by atoms with Crippen molar-refractivity contribution in [1.29, 1.82) is 10.8 Å². The van der Waals surface area contributed by atoms with Crippen LogP contribution in [0.3, 0.4) is 0 Å². The van der Waals surface area contributed by atoms with E-state index in [0.717, 1.165) is 46.6 Å². The Labute approximate surface area is 243 Å². The molecule has 2 N–H and O–H groups in total. The first-order valence-electron chi connectivity index (χ1n) is 14.3. The Morgan fingerprint density at radius 1 is 0.659 bits per heavy atom. The first kappa shape index (κ1) is 27.4. The lowest BCUT2D eigenvalue weighted by Gasteiger charge is -2.31. The second kappa shape index (κ2) is 8.60. The Morgan fingerprint density at radius 2 is 1.02 bits per heavy atom. The van der Waals surface area contributed by atoms with Crippen LogP contribution in [0.4, 0.5) is 0 Å². The number of rotatable bonds is 4. The van der Waals surface area contributed by atoms with Crippen LogP contribution in [0.5, 0.6) is 34.5 Å². The third-order valence-electron chi connectivity index (χ3n) is 9.73. The van der Waals surface area contributed by atoms with Gasteiger partial charge in [-0.1, -0.05) is 27.7 Å². The van der Waals surface area contributed by atoms with Crippen LogP contribution < -0.4 is 18.9 Å². The van der Waals surface area contributed by atoms with Crippen molar-refractivity contribution in [3.05, 3.63) is 68.8 Å². The van der Waals surface area contributed by atoms with Gasteiger partial charge in [0.05, 0.1) is 14.2 Å². The molecule has 0 aromatic heterocycles. The summed E-state index contributed by atoms with van der Waals surface area (Å²) in [6, 6.07) is 8.68. The Balaban J connectivity index is 1.60. The van der Waals surface area contributed by atoms with Gasteiger partial charge in [-0.25, -0.2) is 0 Å². The number of benzene rings is 3. The predicted octanol–water partition coefficient (Wildman–Crippen LogP) is 8.64. The normalized spacial score (nSPS) is 20.3. The molecule has 41 heavy (non-hydrogen) atoms. The molecule has 1 atom stereocenters. The van der Waals surface area contributed by atoms with E-state index in [4.69, 9.17) is 29.8 Å².